The van der Waals surface area contributed by atoms with Gasteiger partial charge in [0.15, 0.2) is 0 Å². The van der Waals surface area contributed by atoms with Crippen LogP contribution >= 0.6 is 0 Å². The number of carbonyl (C=O) groups is 1. The quantitative estimate of drug-likeness (QED) is 0.846. The molecule has 2 aliphatic heterocycles. The fourth-order valence-corrected chi connectivity index (χ4v) is 4.41. The average Bonchev–Trinajstić information content (AvgIpc) is 3.22. The number of hydrogen-bond donors (Lipinski definition) is 1. The predicted octanol–water partition coefficient (Wildman–Crippen LogP) is 3.53. The molecule has 0 spiro atoms. The highest BCUT2D eigenvalue weighted by Gasteiger charge is 2.30. The second-order valence-electron chi connectivity index (χ2n) is 9.27. The molecule has 2 fully saturated rings. The summed E-state index contributed by atoms with van der Waals surface area (Å²) < 4.78 is 0. The van der Waals surface area contributed by atoms with Crippen LogP contribution in [0.4, 0.5) is 5.69 Å². The highest BCUT2D eigenvalue weighted by Crippen LogP contribution is 2.29. The Morgan fingerprint density at radius 3 is 2.65 bits per heavy atom. The van der Waals surface area contributed by atoms with Gasteiger partial charge in [0.2, 0.25) is 5.91 Å². The second-order valence-corrected chi connectivity index (χ2v) is 9.27. The van der Waals surface area contributed by atoms with Crippen molar-refractivity contribution in [2.75, 3.05) is 37.6 Å². The normalized spacial score (nSPS) is 24.2. The molecule has 2 heterocycles. The zero-order valence-electron chi connectivity index (χ0n) is 16.7. The fourth-order valence-electron chi connectivity index (χ4n) is 4.41. The van der Waals surface area contributed by atoms with Gasteiger partial charge in [-0.05, 0) is 55.7 Å². The van der Waals surface area contributed by atoms with Crippen molar-refractivity contribution in [3.63, 3.8) is 0 Å². The van der Waals surface area contributed by atoms with Gasteiger partial charge in [-0.1, -0.05) is 39.0 Å². The summed E-state index contributed by atoms with van der Waals surface area (Å²) >= 11 is 0. The van der Waals surface area contributed by atoms with E-state index in [1.807, 2.05) is 0 Å². The Morgan fingerprint density at radius 1 is 1.15 bits per heavy atom. The van der Waals surface area contributed by atoms with Gasteiger partial charge in [-0.3, -0.25) is 9.69 Å². The lowest BCUT2D eigenvalue weighted by Crippen LogP contribution is -2.42. The SMILES string of the molecule is CC(C)(C)C[C@H]1CCCN1CC(=O)NC[C@@H]1CCN(c2ccccc2)C1. The molecule has 144 valence electrons. The minimum atomic E-state index is 0.198. The van der Waals surface area contributed by atoms with E-state index in [9.17, 15) is 4.79 Å². The van der Waals surface area contributed by atoms with Crippen molar-refractivity contribution >= 4 is 11.6 Å². The third-order valence-corrected chi connectivity index (χ3v) is 5.69. The van der Waals surface area contributed by atoms with Gasteiger partial charge in [-0.15, -0.1) is 0 Å². The van der Waals surface area contributed by atoms with Crippen LogP contribution in [0, 0.1) is 11.3 Å². The first-order valence-electron chi connectivity index (χ1n) is 10.2. The van der Waals surface area contributed by atoms with Crippen molar-refractivity contribution < 1.29 is 4.79 Å². The molecule has 26 heavy (non-hydrogen) atoms. The van der Waals surface area contributed by atoms with Crippen LogP contribution < -0.4 is 10.2 Å². The topological polar surface area (TPSA) is 35.6 Å². The average molecular weight is 358 g/mol. The molecule has 2 saturated heterocycles. The summed E-state index contributed by atoms with van der Waals surface area (Å²) in [5.41, 5.74) is 1.62. The Kier molecular flexibility index (Phi) is 6.23. The lowest BCUT2D eigenvalue weighted by molar-refractivity contribution is -0.122. The lowest BCUT2D eigenvalue weighted by atomic mass is 9.87. The van der Waals surface area contributed by atoms with Gasteiger partial charge >= 0.3 is 0 Å². The molecular formula is C22H35N3O. The van der Waals surface area contributed by atoms with E-state index in [2.05, 4.69) is 66.2 Å². The number of nitrogens with one attached hydrogen (secondary N) is 1. The minimum Gasteiger partial charge on any atom is -0.371 e. The summed E-state index contributed by atoms with van der Waals surface area (Å²) in [7, 11) is 0. The van der Waals surface area contributed by atoms with E-state index < -0.39 is 0 Å². The van der Waals surface area contributed by atoms with Crippen molar-refractivity contribution in [3.05, 3.63) is 30.3 Å². The standard InChI is InChI=1S/C22H35N3O/c1-22(2,3)14-20-10-7-12-24(20)17-21(26)23-15-18-11-13-25(16-18)19-8-5-4-6-9-19/h4-6,8-9,18,20H,7,10-17H2,1-3H3,(H,23,26)/t18-,20+/m0/s1. The minimum absolute atomic E-state index is 0.198. The Morgan fingerprint density at radius 2 is 1.92 bits per heavy atom. The molecule has 0 radical (unpaired) electrons. The van der Waals surface area contributed by atoms with Crippen LogP contribution in [0.2, 0.25) is 0 Å². The summed E-state index contributed by atoms with van der Waals surface area (Å²) in [5.74, 6) is 0.757. The molecule has 1 N–H and O–H groups in total. The molecule has 0 unspecified atom stereocenters. The first-order chi connectivity index (χ1) is 12.4. The van der Waals surface area contributed by atoms with Crippen LogP contribution in [0.15, 0.2) is 30.3 Å². The van der Waals surface area contributed by atoms with Gasteiger partial charge in [0.25, 0.3) is 0 Å². The number of hydrogen-bond acceptors (Lipinski definition) is 3. The predicted molar refractivity (Wildman–Crippen MR) is 108 cm³/mol. The Bertz CT molecular complexity index is 581. The van der Waals surface area contributed by atoms with Crippen LogP contribution in [-0.2, 0) is 4.79 Å². The number of likely N-dealkylation sites (tertiary alicyclic amines) is 1. The molecule has 0 bridgehead atoms. The van der Waals surface area contributed by atoms with E-state index in [-0.39, 0.29) is 5.91 Å². The Hall–Kier alpha value is -1.55. The molecule has 4 heteroatoms. The van der Waals surface area contributed by atoms with Gasteiger partial charge in [-0.25, -0.2) is 0 Å². The summed E-state index contributed by atoms with van der Waals surface area (Å²) in [6.45, 7) is 11.5. The van der Waals surface area contributed by atoms with E-state index >= 15 is 0 Å². The number of rotatable bonds is 6. The number of carbonyl (C=O) groups excluding carboxylic acids is 1. The molecule has 1 amide bonds. The third-order valence-electron chi connectivity index (χ3n) is 5.69. The summed E-state index contributed by atoms with van der Waals surface area (Å²) in [5, 5.41) is 3.20. The van der Waals surface area contributed by atoms with Gasteiger partial charge in [0, 0.05) is 31.4 Å². The van der Waals surface area contributed by atoms with Gasteiger partial charge in [0.05, 0.1) is 6.54 Å². The van der Waals surface area contributed by atoms with Crippen LogP contribution in [-0.4, -0.2) is 49.6 Å². The zero-order valence-corrected chi connectivity index (χ0v) is 16.7. The molecule has 1 aromatic carbocycles. The molecule has 2 aliphatic rings. The maximum absolute atomic E-state index is 12.5. The van der Waals surface area contributed by atoms with E-state index in [0.29, 0.717) is 23.9 Å². The molecule has 0 aromatic heterocycles. The van der Waals surface area contributed by atoms with Crippen molar-refractivity contribution in [2.45, 2.75) is 52.5 Å². The maximum atomic E-state index is 12.5. The highest BCUT2D eigenvalue weighted by molar-refractivity contribution is 5.78. The smallest absolute Gasteiger partial charge is 0.234 e. The van der Waals surface area contributed by atoms with Crippen LogP contribution in [0.3, 0.4) is 0 Å². The second kappa shape index (κ2) is 8.43. The number of para-hydroxylation sites is 1. The van der Waals surface area contributed by atoms with Gasteiger partial charge in [0.1, 0.15) is 0 Å². The molecular weight excluding hydrogens is 322 g/mol. The van der Waals surface area contributed by atoms with Crippen molar-refractivity contribution in [3.8, 4) is 0 Å². The third kappa shape index (κ3) is 5.47. The number of amides is 1. The molecule has 1 aromatic rings. The van der Waals surface area contributed by atoms with Crippen LogP contribution in [0.25, 0.3) is 0 Å². The molecule has 3 rings (SSSR count). The first-order valence-corrected chi connectivity index (χ1v) is 10.2. The molecule has 0 saturated carbocycles. The van der Waals surface area contributed by atoms with E-state index in [4.69, 9.17) is 0 Å². The largest absolute Gasteiger partial charge is 0.371 e. The van der Waals surface area contributed by atoms with Crippen molar-refractivity contribution in [1.29, 1.82) is 0 Å². The monoisotopic (exact) mass is 357 g/mol. The Balaban J connectivity index is 1.40. The van der Waals surface area contributed by atoms with Crippen LogP contribution in [0.5, 0.6) is 0 Å². The zero-order chi connectivity index (χ0) is 18.6. The summed E-state index contributed by atoms with van der Waals surface area (Å²) in [6.07, 6.45) is 4.79. The summed E-state index contributed by atoms with van der Waals surface area (Å²) in [6, 6.07) is 11.2. The molecule has 2 atom stereocenters. The van der Waals surface area contributed by atoms with Crippen molar-refractivity contribution in [1.82, 2.24) is 10.2 Å². The van der Waals surface area contributed by atoms with Gasteiger partial charge in [-0.2, -0.15) is 0 Å². The van der Waals surface area contributed by atoms with Gasteiger partial charge < -0.3 is 10.2 Å². The summed E-state index contributed by atoms with van der Waals surface area (Å²) in [4.78, 5) is 17.3. The highest BCUT2D eigenvalue weighted by atomic mass is 16.2. The number of nitrogens with zero attached hydrogens (tertiary/aromatic N) is 2. The van der Waals surface area contributed by atoms with E-state index in [0.717, 1.165) is 32.6 Å². The Labute approximate surface area is 158 Å². The lowest BCUT2D eigenvalue weighted by Gasteiger charge is -2.30. The maximum Gasteiger partial charge on any atom is 0.234 e. The number of anilines is 1. The molecule has 0 aliphatic carbocycles. The van der Waals surface area contributed by atoms with Crippen LogP contribution in [0.1, 0.15) is 46.5 Å². The first kappa shape index (κ1) is 19.2. The fraction of sp³-hybridized carbons (Fsp3) is 0.682. The number of benzene rings is 1. The van der Waals surface area contributed by atoms with Crippen molar-refractivity contribution in [2.24, 2.45) is 11.3 Å². The molecule has 4 nitrogen and oxygen atoms in total. The van der Waals surface area contributed by atoms with E-state index in [1.165, 1.54) is 24.9 Å². The van der Waals surface area contributed by atoms with E-state index in [1.54, 1.807) is 0 Å².